The highest BCUT2D eigenvalue weighted by atomic mass is 16.6. The van der Waals surface area contributed by atoms with E-state index in [1.54, 1.807) is 12.1 Å². The summed E-state index contributed by atoms with van der Waals surface area (Å²) in [6.07, 6.45) is 6.46. The number of nitrogens with one attached hydrogen (secondary N) is 1. The third-order valence-electron chi connectivity index (χ3n) is 3.36. The zero-order valence-corrected chi connectivity index (χ0v) is 12.6. The number of nitro groups is 1. The number of rotatable bonds is 10. The standard InChI is InChI=1S/C16H26N2O2/c1-14(2)7-5-3-4-6-12-17-13-15-8-10-16(11-9-15)18(19)20/h8-11,14,17H,3-7,12-13H2,1-2H3. The van der Waals surface area contributed by atoms with Gasteiger partial charge in [-0.25, -0.2) is 0 Å². The molecule has 0 saturated carbocycles. The predicted molar refractivity (Wildman–Crippen MR) is 82.7 cm³/mol. The van der Waals surface area contributed by atoms with Gasteiger partial charge in [-0.2, -0.15) is 0 Å². The maximum atomic E-state index is 10.5. The second kappa shape index (κ2) is 9.48. The number of non-ortho nitro benzene ring substituents is 1. The molecule has 0 aliphatic carbocycles. The molecule has 4 nitrogen and oxygen atoms in total. The van der Waals surface area contributed by atoms with Crippen molar-refractivity contribution in [1.82, 2.24) is 5.32 Å². The Morgan fingerprint density at radius 1 is 1.10 bits per heavy atom. The maximum Gasteiger partial charge on any atom is 0.269 e. The molecule has 0 aromatic heterocycles. The average Bonchev–Trinajstić information content (AvgIpc) is 2.42. The van der Waals surface area contributed by atoms with Crippen molar-refractivity contribution in [2.45, 2.75) is 52.5 Å². The van der Waals surface area contributed by atoms with E-state index in [1.807, 2.05) is 12.1 Å². The number of unbranched alkanes of at least 4 members (excludes halogenated alkanes) is 3. The molecule has 1 N–H and O–H groups in total. The van der Waals surface area contributed by atoms with E-state index in [9.17, 15) is 10.1 Å². The lowest BCUT2D eigenvalue weighted by Crippen LogP contribution is -2.14. The second-order valence-corrected chi connectivity index (χ2v) is 5.70. The molecule has 0 amide bonds. The second-order valence-electron chi connectivity index (χ2n) is 5.70. The van der Waals surface area contributed by atoms with Crippen LogP contribution in [0.4, 0.5) is 5.69 Å². The quantitative estimate of drug-likeness (QED) is 0.394. The van der Waals surface area contributed by atoms with Crippen LogP contribution in [0.1, 0.15) is 51.5 Å². The first-order valence-corrected chi connectivity index (χ1v) is 7.53. The largest absolute Gasteiger partial charge is 0.313 e. The Morgan fingerprint density at radius 2 is 1.75 bits per heavy atom. The molecule has 0 fully saturated rings. The minimum atomic E-state index is -0.367. The first-order chi connectivity index (χ1) is 9.59. The van der Waals surface area contributed by atoms with Crippen molar-refractivity contribution < 1.29 is 4.92 Å². The van der Waals surface area contributed by atoms with Gasteiger partial charge in [-0.3, -0.25) is 10.1 Å². The van der Waals surface area contributed by atoms with E-state index in [-0.39, 0.29) is 10.6 Å². The molecule has 0 heterocycles. The molecular formula is C16H26N2O2. The van der Waals surface area contributed by atoms with E-state index >= 15 is 0 Å². The lowest BCUT2D eigenvalue weighted by Gasteiger charge is -2.06. The van der Waals surface area contributed by atoms with E-state index in [0.29, 0.717) is 0 Å². The fourth-order valence-electron chi connectivity index (χ4n) is 2.12. The Morgan fingerprint density at radius 3 is 2.35 bits per heavy atom. The van der Waals surface area contributed by atoms with E-state index in [0.717, 1.165) is 24.6 Å². The van der Waals surface area contributed by atoms with Crippen LogP contribution in [0.3, 0.4) is 0 Å². The molecule has 0 aliphatic rings. The highest BCUT2D eigenvalue weighted by Crippen LogP contribution is 2.12. The third-order valence-corrected chi connectivity index (χ3v) is 3.36. The van der Waals surface area contributed by atoms with Gasteiger partial charge >= 0.3 is 0 Å². The summed E-state index contributed by atoms with van der Waals surface area (Å²) in [5.74, 6) is 0.815. The van der Waals surface area contributed by atoms with Crippen LogP contribution in [-0.2, 0) is 6.54 Å². The van der Waals surface area contributed by atoms with Crippen molar-refractivity contribution >= 4 is 5.69 Å². The lowest BCUT2D eigenvalue weighted by molar-refractivity contribution is -0.384. The molecule has 1 rings (SSSR count). The highest BCUT2D eigenvalue weighted by molar-refractivity contribution is 5.32. The molecule has 20 heavy (non-hydrogen) atoms. The highest BCUT2D eigenvalue weighted by Gasteiger charge is 2.03. The Labute approximate surface area is 121 Å². The SMILES string of the molecule is CC(C)CCCCCCNCc1ccc([N+](=O)[O-])cc1. The first kappa shape index (κ1) is 16.6. The molecule has 0 bridgehead atoms. The monoisotopic (exact) mass is 278 g/mol. The summed E-state index contributed by atoms with van der Waals surface area (Å²) in [5, 5.41) is 13.9. The molecule has 0 atom stereocenters. The molecule has 112 valence electrons. The van der Waals surface area contributed by atoms with Crippen molar-refractivity contribution in [3.8, 4) is 0 Å². The van der Waals surface area contributed by atoms with Gasteiger partial charge in [0.2, 0.25) is 0 Å². The molecule has 1 aromatic rings. The van der Waals surface area contributed by atoms with E-state index in [1.165, 1.54) is 32.1 Å². The minimum absolute atomic E-state index is 0.152. The van der Waals surface area contributed by atoms with Gasteiger partial charge < -0.3 is 5.32 Å². The van der Waals surface area contributed by atoms with E-state index in [4.69, 9.17) is 0 Å². The molecule has 4 heteroatoms. The van der Waals surface area contributed by atoms with Gasteiger partial charge in [0.25, 0.3) is 5.69 Å². The van der Waals surface area contributed by atoms with Crippen LogP contribution in [0.15, 0.2) is 24.3 Å². The number of nitrogens with zero attached hydrogens (tertiary/aromatic N) is 1. The van der Waals surface area contributed by atoms with Crippen molar-refractivity contribution in [2.24, 2.45) is 5.92 Å². The number of nitro benzene ring substituents is 1. The fourth-order valence-corrected chi connectivity index (χ4v) is 2.12. The summed E-state index contributed by atoms with van der Waals surface area (Å²) in [7, 11) is 0. The van der Waals surface area contributed by atoms with Gasteiger partial charge in [0, 0.05) is 18.7 Å². The summed E-state index contributed by atoms with van der Waals surface area (Å²) in [5.41, 5.74) is 1.24. The number of hydrogen-bond donors (Lipinski definition) is 1. The molecule has 0 unspecified atom stereocenters. The Bertz CT molecular complexity index is 388. The van der Waals surface area contributed by atoms with Crippen LogP contribution in [0, 0.1) is 16.0 Å². The summed E-state index contributed by atoms with van der Waals surface area (Å²) in [4.78, 5) is 10.2. The van der Waals surface area contributed by atoms with Gasteiger partial charge in [-0.05, 0) is 24.4 Å². The predicted octanol–water partition coefficient (Wildman–Crippen LogP) is 4.29. The normalized spacial score (nSPS) is 10.9. The topological polar surface area (TPSA) is 55.2 Å². The van der Waals surface area contributed by atoms with Crippen molar-refractivity contribution in [1.29, 1.82) is 0 Å². The first-order valence-electron chi connectivity index (χ1n) is 7.53. The van der Waals surface area contributed by atoms with Crippen LogP contribution in [-0.4, -0.2) is 11.5 Å². The Balaban J connectivity index is 2.05. The zero-order chi connectivity index (χ0) is 14.8. The Hall–Kier alpha value is -1.42. The molecule has 1 aromatic carbocycles. The summed E-state index contributed by atoms with van der Waals surface area (Å²) >= 11 is 0. The van der Waals surface area contributed by atoms with Crippen molar-refractivity contribution in [3.63, 3.8) is 0 Å². The van der Waals surface area contributed by atoms with E-state index < -0.39 is 0 Å². The smallest absolute Gasteiger partial charge is 0.269 e. The molecule has 0 aliphatic heterocycles. The minimum Gasteiger partial charge on any atom is -0.313 e. The van der Waals surface area contributed by atoms with E-state index in [2.05, 4.69) is 19.2 Å². The van der Waals surface area contributed by atoms with Gasteiger partial charge in [-0.15, -0.1) is 0 Å². The average molecular weight is 278 g/mol. The van der Waals surface area contributed by atoms with Crippen LogP contribution in [0.25, 0.3) is 0 Å². The fraction of sp³-hybridized carbons (Fsp3) is 0.625. The number of hydrogen-bond acceptors (Lipinski definition) is 3. The molecule has 0 spiro atoms. The Kier molecular flexibility index (Phi) is 7.88. The van der Waals surface area contributed by atoms with Crippen molar-refractivity contribution in [3.05, 3.63) is 39.9 Å². The summed E-state index contributed by atoms with van der Waals surface area (Å²) in [6.45, 7) is 6.33. The van der Waals surface area contributed by atoms with Crippen LogP contribution < -0.4 is 5.32 Å². The molecule has 0 saturated heterocycles. The summed E-state index contributed by atoms with van der Waals surface area (Å²) in [6, 6.07) is 6.74. The van der Waals surface area contributed by atoms with Crippen LogP contribution >= 0.6 is 0 Å². The zero-order valence-electron chi connectivity index (χ0n) is 12.6. The number of benzene rings is 1. The molecular weight excluding hydrogens is 252 g/mol. The van der Waals surface area contributed by atoms with Crippen LogP contribution in [0.5, 0.6) is 0 Å². The van der Waals surface area contributed by atoms with Crippen LogP contribution in [0.2, 0.25) is 0 Å². The van der Waals surface area contributed by atoms with Gasteiger partial charge in [0.05, 0.1) is 4.92 Å². The summed E-state index contributed by atoms with van der Waals surface area (Å²) < 4.78 is 0. The van der Waals surface area contributed by atoms with Gasteiger partial charge in [0.15, 0.2) is 0 Å². The third kappa shape index (κ3) is 7.24. The lowest BCUT2D eigenvalue weighted by atomic mass is 10.0. The molecule has 0 radical (unpaired) electrons. The van der Waals surface area contributed by atoms with Gasteiger partial charge in [-0.1, -0.05) is 51.7 Å². The van der Waals surface area contributed by atoms with Gasteiger partial charge in [0.1, 0.15) is 0 Å². The maximum absolute atomic E-state index is 10.5. The van der Waals surface area contributed by atoms with Crippen molar-refractivity contribution in [2.75, 3.05) is 6.54 Å².